The van der Waals surface area contributed by atoms with Crippen LogP contribution >= 0.6 is 0 Å². The fraction of sp³-hybridized carbons (Fsp3) is 0.444. The van der Waals surface area contributed by atoms with Crippen molar-refractivity contribution in [2.75, 3.05) is 40.5 Å². The Morgan fingerprint density at radius 3 is 2.96 bits per heavy atom. The number of guanidine groups is 1. The molecular weight excluding hydrogens is 318 g/mol. The van der Waals surface area contributed by atoms with Crippen molar-refractivity contribution in [2.45, 2.75) is 12.6 Å². The molecule has 0 saturated carbocycles. The van der Waals surface area contributed by atoms with Crippen molar-refractivity contribution in [3.05, 3.63) is 48.3 Å². The van der Waals surface area contributed by atoms with Crippen LogP contribution in [0.15, 0.2) is 47.6 Å². The molecule has 1 fully saturated rings. The molecule has 1 aromatic heterocycles. The van der Waals surface area contributed by atoms with Gasteiger partial charge in [-0.2, -0.15) is 5.10 Å². The molecule has 2 aromatic rings. The molecule has 134 valence electrons. The van der Waals surface area contributed by atoms with E-state index in [0.29, 0.717) is 19.8 Å². The molecule has 3 rings (SSSR count). The van der Waals surface area contributed by atoms with Gasteiger partial charge < -0.3 is 19.7 Å². The first kappa shape index (κ1) is 17.4. The van der Waals surface area contributed by atoms with Crippen molar-refractivity contribution >= 4 is 5.96 Å². The van der Waals surface area contributed by atoms with Crippen LogP contribution in [0.1, 0.15) is 5.69 Å². The number of hydrogen-bond acceptors (Lipinski definition) is 4. The molecule has 1 unspecified atom stereocenters. The summed E-state index contributed by atoms with van der Waals surface area (Å²) in [6.45, 7) is 3.48. The monoisotopic (exact) mass is 343 g/mol. The van der Waals surface area contributed by atoms with Crippen molar-refractivity contribution in [1.82, 2.24) is 20.0 Å². The zero-order valence-corrected chi connectivity index (χ0v) is 14.8. The highest BCUT2D eigenvalue weighted by Gasteiger charge is 2.22. The van der Waals surface area contributed by atoms with Gasteiger partial charge in [0.25, 0.3) is 0 Å². The van der Waals surface area contributed by atoms with Crippen molar-refractivity contribution in [3.63, 3.8) is 0 Å². The first-order valence-electron chi connectivity index (χ1n) is 8.46. The van der Waals surface area contributed by atoms with Crippen LogP contribution in [-0.2, 0) is 16.0 Å². The summed E-state index contributed by atoms with van der Waals surface area (Å²) in [5.41, 5.74) is 2.01. The number of aromatic nitrogens is 2. The SMILES string of the molecule is CN=C(NCc1ccn(-c2ccccc2)n1)N1CCOC(COC)C1. The predicted molar refractivity (Wildman–Crippen MR) is 97.0 cm³/mol. The summed E-state index contributed by atoms with van der Waals surface area (Å²) in [5, 5.41) is 8.00. The number of hydrogen-bond donors (Lipinski definition) is 1. The largest absolute Gasteiger partial charge is 0.382 e. The fourth-order valence-electron chi connectivity index (χ4n) is 2.88. The summed E-state index contributed by atoms with van der Waals surface area (Å²) in [5.74, 6) is 0.860. The maximum Gasteiger partial charge on any atom is 0.194 e. The van der Waals surface area contributed by atoms with E-state index in [4.69, 9.17) is 9.47 Å². The standard InChI is InChI=1S/C18H25N5O2/c1-19-18(22-10-11-25-17(13-22)14-24-2)20-12-15-8-9-23(21-15)16-6-4-3-5-7-16/h3-9,17H,10-14H2,1-2H3,(H,19,20). The second-order valence-electron chi connectivity index (χ2n) is 5.88. The smallest absolute Gasteiger partial charge is 0.194 e. The van der Waals surface area contributed by atoms with E-state index in [1.165, 1.54) is 0 Å². The number of aliphatic imine (C=N–C) groups is 1. The van der Waals surface area contributed by atoms with Crippen molar-refractivity contribution in [2.24, 2.45) is 4.99 Å². The van der Waals surface area contributed by atoms with E-state index in [1.54, 1.807) is 14.2 Å². The molecule has 25 heavy (non-hydrogen) atoms. The Kier molecular flexibility index (Phi) is 6.03. The maximum atomic E-state index is 5.69. The van der Waals surface area contributed by atoms with E-state index in [9.17, 15) is 0 Å². The lowest BCUT2D eigenvalue weighted by molar-refractivity contribution is -0.0447. The second-order valence-corrected chi connectivity index (χ2v) is 5.88. The topological polar surface area (TPSA) is 63.9 Å². The Hall–Kier alpha value is -2.38. The molecule has 2 heterocycles. The highest BCUT2D eigenvalue weighted by molar-refractivity contribution is 5.79. The highest BCUT2D eigenvalue weighted by Crippen LogP contribution is 2.08. The Labute approximate surface area is 148 Å². The van der Waals surface area contributed by atoms with Crippen molar-refractivity contribution in [1.29, 1.82) is 0 Å². The van der Waals surface area contributed by atoms with Gasteiger partial charge in [-0.3, -0.25) is 4.99 Å². The predicted octanol–water partition coefficient (Wildman–Crippen LogP) is 1.29. The number of morpholine rings is 1. The molecule has 7 heteroatoms. The summed E-state index contributed by atoms with van der Waals surface area (Å²) in [6, 6.07) is 12.1. The van der Waals surface area contributed by atoms with Gasteiger partial charge in [-0.1, -0.05) is 18.2 Å². The molecule has 1 N–H and O–H groups in total. The van der Waals surface area contributed by atoms with Gasteiger partial charge >= 0.3 is 0 Å². The molecule has 1 saturated heterocycles. The Morgan fingerprint density at radius 2 is 2.20 bits per heavy atom. The summed E-state index contributed by atoms with van der Waals surface area (Å²) in [4.78, 5) is 6.58. The summed E-state index contributed by atoms with van der Waals surface area (Å²) >= 11 is 0. The first-order chi connectivity index (χ1) is 12.3. The van der Waals surface area contributed by atoms with Crippen LogP contribution in [0.3, 0.4) is 0 Å². The van der Waals surface area contributed by atoms with Crippen LogP contribution in [-0.4, -0.2) is 67.2 Å². The van der Waals surface area contributed by atoms with E-state index in [2.05, 4.69) is 20.3 Å². The van der Waals surface area contributed by atoms with Gasteiger partial charge in [-0.15, -0.1) is 0 Å². The van der Waals surface area contributed by atoms with Gasteiger partial charge in [0.05, 0.1) is 37.2 Å². The van der Waals surface area contributed by atoms with E-state index in [0.717, 1.165) is 30.4 Å². The first-order valence-corrected chi connectivity index (χ1v) is 8.46. The molecule has 0 radical (unpaired) electrons. The minimum Gasteiger partial charge on any atom is -0.382 e. The van der Waals surface area contributed by atoms with Gasteiger partial charge in [0.1, 0.15) is 0 Å². The van der Waals surface area contributed by atoms with E-state index in [-0.39, 0.29) is 6.10 Å². The average molecular weight is 343 g/mol. The normalized spacial score (nSPS) is 18.4. The number of benzene rings is 1. The summed E-state index contributed by atoms with van der Waals surface area (Å²) in [7, 11) is 3.49. The van der Waals surface area contributed by atoms with E-state index < -0.39 is 0 Å². The zero-order valence-electron chi connectivity index (χ0n) is 14.8. The van der Waals surface area contributed by atoms with E-state index >= 15 is 0 Å². The number of para-hydroxylation sites is 1. The van der Waals surface area contributed by atoms with Crippen LogP contribution in [0.2, 0.25) is 0 Å². The third kappa shape index (κ3) is 4.58. The lowest BCUT2D eigenvalue weighted by Crippen LogP contribution is -2.51. The fourth-order valence-corrected chi connectivity index (χ4v) is 2.88. The maximum absolute atomic E-state index is 5.69. The molecule has 0 amide bonds. The molecular formula is C18H25N5O2. The molecule has 0 spiro atoms. The summed E-state index contributed by atoms with van der Waals surface area (Å²) in [6.07, 6.45) is 2.05. The minimum absolute atomic E-state index is 0.0783. The molecule has 1 aromatic carbocycles. The van der Waals surface area contributed by atoms with Gasteiger partial charge in [-0.25, -0.2) is 4.68 Å². The molecule has 0 aliphatic carbocycles. The quantitative estimate of drug-likeness (QED) is 0.655. The molecule has 1 aliphatic heterocycles. The number of methoxy groups -OCH3 is 1. The third-order valence-electron chi connectivity index (χ3n) is 4.10. The van der Waals surface area contributed by atoms with Crippen molar-refractivity contribution < 1.29 is 9.47 Å². The third-order valence-corrected chi connectivity index (χ3v) is 4.10. The van der Waals surface area contributed by atoms with Crippen LogP contribution in [0, 0.1) is 0 Å². The Morgan fingerprint density at radius 1 is 1.36 bits per heavy atom. The minimum atomic E-state index is 0.0783. The number of ether oxygens (including phenoxy) is 2. The molecule has 7 nitrogen and oxygen atoms in total. The lowest BCUT2D eigenvalue weighted by atomic mass is 10.3. The average Bonchev–Trinajstić information content (AvgIpc) is 3.13. The van der Waals surface area contributed by atoms with Crippen LogP contribution in [0.25, 0.3) is 5.69 Å². The van der Waals surface area contributed by atoms with Crippen LogP contribution in [0.5, 0.6) is 0 Å². The van der Waals surface area contributed by atoms with E-state index in [1.807, 2.05) is 47.3 Å². The van der Waals surface area contributed by atoms with Crippen molar-refractivity contribution in [3.8, 4) is 5.69 Å². The zero-order chi connectivity index (χ0) is 17.5. The van der Waals surface area contributed by atoms with Gasteiger partial charge in [-0.05, 0) is 18.2 Å². The molecule has 0 bridgehead atoms. The highest BCUT2D eigenvalue weighted by atomic mass is 16.5. The Balaban J connectivity index is 1.57. The summed E-state index contributed by atoms with van der Waals surface area (Å²) < 4.78 is 12.8. The van der Waals surface area contributed by atoms with Crippen LogP contribution in [0.4, 0.5) is 0 Å². The number of nitrogens with zero attached hydrogens (tertiary/aromatic N) is 4. The second kappa shape index (κ2) is 8.64. The molecule has 1 atom stereocenters. The van der Waals surface area contributed by atoms with Crippen LogP contribution < -0.4 is 5.32 Å². The number of nitrogens with one attached hydrogen (secondary N) is 1. The molecule has 1 aliphatic rings. The Bertz CT molecular complexity index is 684. The number of rotatable bonds is 5. The van der Waals surface area contributed by atoms with Gasteiger partial charge in [0.15, 0.2) is 5.96 Å². The lowest BCUT2D eigenvalue weighted by Gasteiger charge is -2.34. The van der Waals surface area contributed by atoms with Gasteiger partial charge in [0.2, 0.25) is 0 Å². The van der Waals surface area contributed by atoms with Gasteiger partial charge in [0, 0.05) is 33.4 Å².